The molecule has 0 heterocycles. The van der Waals surface area contributed by atoms with Gasteiger partial charge in [0, 0.05) is 13.3 Å². The Morgan fingerprint density at radius 1 is 1.05 bits per heavy atom. The first-order chi connectivity index (χ1) is 9.46. The summed E-state index contributed by atoms with van der Waals surface area (Å²) >= 11 is 0. The molecular weight excluding hydrogens is 262 g/mol. The number of carbonyl (C=O) groups excluding carboxylic acids is 3. The van der Waals surface area contributed by atoms with Gasteiger partial charge in [0.15, 0.2) is 0 Å². The van der Waals surface area contributed by atoms with Crippen LogP contribution >= 0.6 is 0 Å². The second kappa shape index (κ2) is 6.70. The van der Waals surface area contributed by atoms with E-state index in [1.54, 1.807) is 30.3 Å². The Morgan fingerprint density at radius 3 is 1.95 bits per heavy atom. The first-order valence-electron chi connectivity index (χ1n) is 5.95. The SMILES string of the molecule is COC(=O)C(Cc1ccccc1)(NC(C)=O)C(=O)OC. The Hall–Kier alpha value is -2.37. The number of amides is 1. The van der Waals surface area contributed by atoms with Crippen LogP contribution in [0.25, 0.3) is 0 Å². The minimum atomic E-state index is -1.88. The molecule has 0 aliphatic heterocycles. The quantitative estimate of drug-likeness (QED) is 0.625. The van der Waals surface area contributed by atoms with Crippen LogP contribution in [-0.4, -0.2) is 37.6 Å². The van der Waals surface area contributed by atoms with Gasteiger partial charge in [-0.25, -0.2) is 9.59 Å². The van der Waals surface area contributed by atoms with Crippen molar-refractivity contribution in [3.05, 3.63) is 35.9 Å². The summed E-state index contributed by atoms with van der Waals surface area (Å²) in [5.41, 5.74) is -1.19. The third-order valence-electron chi connectivity index (χ3n) is 2.77. The van der Waals surface area contributed by atoms with E-state index >= 15 is 0 Å². The largest absolute Gasteiger partial charge is 0.467 e. The molecule has 0 aliphatic carbocycles. The molecule has 108 valence electrons. The van der Waals surface area contributed by atoms with Gasteiger partial charge in [-0.2, -0.15) is 0 Å². The fraction of sp³-hybridized carbons (Fsp3) is 0.357. The fourth-order valence-corrected chi connectivity index (χ4v) is 1.92. The van der Waals surface area contributed by atoms with E-state index in [1.165, 1.54) is 6.92 Å². The Kier molecular flexibility index (Phi) is 5.25. The van der Waals surface area contributed by atoms with Crippen LogP contribution < -0.4 is 5.32 Å². The van der Waals surface area contributed by atoms with Crippen LogP contribution in [0, 0.1) is 0 Å². The van der Waals surface area contributed by atoms with Crippen molar-refractivity contribution >= 4 is 17.8 Å². The molecule has 0 radical (unpaired) electrons. The van der Waals surface area contributed by atoms with Gasteiger partial charge in [-0.15, -0.1) is 0 Å². The summed E-state index contributed by atoms with van der Waals surface area (Å²) in [5.74, 6) is -2.27. The van der Waals surface area contributed by atoms with Gasteiger partial charge in [-0.1, -0.05) is 30.3 Å². The molecular formula is C14H17NO5. The van der Waals surface area contributed by atoms with Crippen molar-refractivity contribution in [1.82, 2.24) is 5.32 Å². The van der Waals surface area contributed by atoms with Gasteiger partial charge in [-0.3, -0.25) is 4.79 Å². The van der Waals surface area contributed by atoms with Gasteiger partial charge < -0.3 is 14.8 Å². The molecule has 0 aliphatic rings. The lowest BCUT2D eigenvalue weighted by Crippen LogP contribution is -2.62. The monoisotopic (exact) mass is 279 g/mol. The Labute approximate surface area is 117 Å². The first kappa shape index (κ1) is 15.7. The molecule has 0 saturated carbocycles. The van der Waals surface area contributed by atoms with E-state index in [9.17, 15) is 14.4 Å². The zero-order chi connectivity index (χ0) is 15.2. The van der Waals surface area contributed by atoms with Crippen molar-refractivity contribution in [3.63, 3.8) is 0 Å². The molecule has 0 aromatic heterocycles. The van der Waals surface area contributed by atoms with Crippen LogP contribution in [0.15, 0.2) is 30.3 Å². The van der Waals surface area contributed by atoms with Gasteiger partial charge in [0.25, 0.3) is 0 Å². The van der Waals surface area contributed by atoms with Crippen LogP contribution in [-0.2, 0) is 30.3 Å². The molecule has 0 atom stereocenters. The molecule has 0 unspecified atom stereocenters. The number of benzene rings is 1. The minimum absolute atomic E-state index is 0.0488. The highest BCUT2D eigenvalue weighted by Gasteiger charge is 2.49. The average Bonchev–Trinajstić information content (AvgIpc) is 2.45. The van der Waals surface area contributed by atoms with Gasteiger partial charge in [0.1, 0.15) is 0 Å². The number of hydrogen-bond acceptors (Lipinski definition) is 5. The van der Waals surface area contributed by atoms with Gasteiger partial charge in [-0.05, 0) is 5.56 Å². The van der Waals surface area contributed by atoms with E-state index in [2.05, 4.69) is 14.8 Å². The van der Waals surface area contributed by atoms with Crippen molar-refractivity contribution in [3.8, 4) is 0 Å². The highest BCUT2D eigenvalue weighted by Crippen LogP contribution is 2.18. The maximum Gasteiger partial charge on any atom is 0.343 e. The maximum atomic E-state index is 12.0. The van der Waals surface area contributed by atoms with Crippen LogP contribution in [0.4, 0.5) is 0 Å². The molecule has 1 amide bonds. The molecule has 6 nitrogen and oxygen atoms in total. The summed E-state index contributed by atoms with van der Waals surface area (Å²) in [5, 5.41) is 2.36. The van der Waals surface area contributed by atoms with E-state index < -0.39 is 23.4 Å². The lowest BCUT2D eigenvalue weighted by Gasteiger charge is -2.28. The lowest BCUT2D eigenvalue weighted by atomic mass is 9.90. The normalized spacial score (nSPS) is 10.6. The van der Waals surface area contributed by atoms with Gasteiger partial charge in [0.2, 0.25) is 11.4 Å². The number of methoxy groups -OCH3 is 2. The molecule has 1 rings (SSSR count). The highest BCUT2D eigenvalue weighted by atomic mass is 16.5. The first-order valence-corrected chi connectivity index (χ1v) is 5.95. The van der Waals surface area contributed by atoms with E-state index in [4.69, 9.17) is 0 Å². The van der Waals surface area contributed by atoms with Crippen LogP contribution in [0.3, 0.4) is 0 Å². The predicted molar refractivity (Wildman–Crippen MR) is 70.7 cm³/mol. The van der Waals surface area contributed by atoms with Gasteiger partial charge in [0.05, 0.1) is 14.2 Å². The molecule has 1 aromatic carbocycles. The van der Waals surface area contributed by atoms with E-state index in [1.807, 2.05) is 0 Å². The summed E-state index contributed by atoms with van der Waals surface area (Å²) in [7, 11) is 2.29. The average molecular weight is 279 g/mol. The van der Waals surface area contributed by atoms with Crippen LogP contribution in [0.2, 0.25) is 0 Å². The third-order valence-corrected chi connectivity index (χ3v) is 2.77. The minimum Gasteiger partial charge on any atom is -0.467 e. The molecule has 0 fully saturated rings. The van der Waals surface area contributed by atoms with Crippen LogP contribution in [0.1, 0.15) is 12.5 Å². The van der Waals surface area contributed by atoms with Crippen molar-refractivity contribution in [2.24, 2.45) is 0 Å². The van der Waals surface area contributed by atoms with Crippen molar-refractivity contribution < 1.29 is 23.9 Å². The smallest absolute Gasteiger partial charge is 0.343 e. The van der Waals surface area contributed by atoms with Gasteiger partial charge >= 0.3 is 11.9 Å². The highest BCUT2D eigenvalue weighted by molar-refractivity contribution is 6.07. The van der Waals surface area contributed by atoms with Crippen LogP contribution in [0.5, 0.6) is 0 Å². The number of nitrogens with one attached hydrogen (secondary N) is 1. The molecule has 0 bridgehead atoms. The Bertz CT molecular complexity index is 482. The molecule has 20 heavy (non-hydrogen) atoms. The fourth-order valence-electron chi connectivity index (χ4n) is 1.92. The topological polar surface area (TPSA) is 81.7 Å². The third kappa shape index (κ3) is 3.34. The number of carbonyl (C=O) groups is 3. The summed E-state index contributed by atoms with van der Waals surface area (Å²) in [6, 6.07) is 8.82. The molecule has 0 spiro atoms. The standard InChI is InChI=1S/C14H17NO5/c1-10(16)15-14(12(17)19-2,13(18)20-3)9-11-7-5-4-6-8-11/h4-8H,9H2,1-3H3,(H,15,16). The number of hydrogen-bond donors (Lipinski definition) is 1. The van der Waals surface area contributed by atoms with Crippen molar-refractivity contribution in [2.45, 2.75) is 18.9 Å². The second-order valence-corrected chi connectivity index (χ2v) is 4.23. The number of ether oxygens (including phenoxy) is 2. The van der Waals surface area contributed by atoms with E-state index in [0.717, 1.165) is 14.2 Å². The number of rotatable bonds is 5. The Morgan fingerprint density at radius 2 is 1.55 bits per heavy atom. The summed E-state index contributed by atoms with van der Waals surface area (Å²) < 4.78 is 9.31. The summed E-state index contributed by atoms with van der Waals surface area (Å²) in [6.45, 7) is 1.21. The van der Waals surface area contributed by atoms with E-state index in [-0.39, 0.29) is 6.42 Å². The molecule has 6 heteroatoms. The lowest BCUT2D eigenvalue weighted by molar-refractivity contribution is -0.165. The zero-order valence-corrected chi connectivity index (χ0v) is 11.6. The van der Waals surface area contributed by atoms with Crippen molar-refractivity contribution in [2.75, 3.05) is 14.2 Å². The zero-order valence-electron chi connectivity index (χ0n) is 11.6. The summed E-state index contributed by atoms with van der Waals surface area (Å²) in [4.78, 5) is 35.4. The van der Waals surface area contributed by atoms with Crippen molar-refractivity contribution in [1.29, 1.82) is 0 Å². The maximum absolute atomic E-state index is 12.0. The molecule has 1 N–H and O–H groups in total. The predicted octanol–water partition coefficient (Wildman–Crippen LogP) is 0.450. The van der Waals surface area contributed by atoms with E-state index in [0.29, 0.717) is 5.56 Å². The summed E-state index contributed by atoms with van der Waals surface area (Å²) in [6.07, 6.45) is -0.0488. The molecule has 1 aromatic rings. The Balaban J connectivity index is 3.24. The molecule has 0 saturated heterocycles. The second-order valence-electron chi connectivity index (χ2n) is 4.23. The number of esters is 2.